The standard InChI is InChI=1S/C12H21N5O3/c1-14-9(18)8-16-5-2-12(3-6-16)10(19)17(7-4-13)11(20)15-12/h2-8,13H2,1H3,(H,14,18)(H,15,20). The molecule has 8 nitrogen and oxygen atoms in total. The minimum Gasteiger partial charge on any atom is -0.358 e. The van der Waals surface area contributed by atoms with Crippen molar-refractivity contribution < 1.29 is 14.4 Å². The third-order valence-electron chi connectivity index (χ3n) is 3.95. The third-order valence-corrected chi connectivity index (χ3v) is 3.95. The van der Waals surface area contributed by atoms with Gasteiger partial charge in [0.05, 0.1) is 6.54 Å². The van der Waals surface area contributed by atoms with Crippen molar-refractivity contribution in [2.24, 2.45) is 5.73 Å². The second-order valence-electron chi connectivity index (χ2n) is 5.21. The average molecular weight is 283 g/mol. The molecule has 0 aliphatic carbocycles. The summed E-state index contributed by atoms with van der Waals surface area (Å²) < 4.78 is 0. The summed E-state index contributed by atoms with van der Waals surface area (Å²) in [6, 6.07) is -0.361. The molecule has 2 aliphatic heterocycles. The van der Waals surface area contributed by atoms with E-state index in [9.17, 15) is 14.4 Å². The number of rotatable bonds is 4. The van der Waals surface area contributed by atoms with E-state index >= 15 is 0 Å². The average Bonchev–Trinajstić information content (AvgIpc) is 2.66. The summed E-state index contributed by atoms with van der Waals surface area (Å²) in [5, 5.41) is 5.37. The molecule has 2 fully saturated rings. The van der Waals surface area contributed by atoms with Crippen LogP contribution in [0.2, 0.25) is 0 Å². The summed E-state index contributed by atoms with van der Waals surface area (Å²) in [6.07, 6.45) is 1.05. The quantitative estimate of drug-likeness (QED) is 0.521. The van der Waals surface area contributed by atoms with E-state index in [0.29, 0.717) is 32.5 Å². The van der Waals surface area contributed by atoms with Crippen molar-refractivity contribution in [1.29, 1.82) is 0 Å². The van der Waals surface area contributed by atoms with Gasteiger partial charge in [-0.2, -0.15) is 0 Å². The molecule has 20 heavy (non-hydrogen) atoms. The van der Waals surface area contributed by atoms with Crippen LogP contribution in [0.4, 0.5) is 4.79 Å². The Balaban J connectivity index is 1.97. The number of nitrogens with one attached hydrogen (secondary N) is 2. The Kier molecular flexibility index (Phi) is 4.24. The first-order valence-corrected chi connectivity index (χ1v) is 6.79. The largest absolute Gasteiger partial charge is 0.358 e. The zero-order chi connectivity index (χ0) is 14.8. The number of imide groups is 1. The van der Waals surface area contributed by atoms with Crippen molar-refractivity contribution in [3.05, 3.63) is 0 Å². The first-order chi connectivity index (χ1) is 9.52. The lowest BCUT2D eigenvalue weighted by Gasteiger charge is -2.36. The van der Waals surface area contributed by atoms with Gasteiger partial charge in [0.15, 0.2) is 0 Å². The molecular formula is C12H21N5O3. The molecule has 0 atom stereocenters. The molecular weight excluding hydrogens is 262 g/mol. The number of carbonyl (C=O) groups excluding carboxylic acids is 3. The van der Waals surface area contributed by atoms with Gasteiger partial charge < -0.3 is 16.4 Å². The van der Waals surface area contributed by atoms with Crippen LogP contribution in [-0.2, 0) is 9.59 Å². The fourth-order valence-electron chi connectivity index (χ4n) is 2.72. The van der Waals surface area contributed by atoms with Crippen LogP contribution in [-0.4, -0.2) is 73.0 Å². The highest BCUT2D eigenvalue weighted by atomic mass is 16.2. The molecule has 1 spiro atoms. The number of likely N-dealkylation sites (tertiary alicyclic amines) is 1. The van der Waals surface area contributed by atoms with Gasteiger partial charge in [-0.05, 0) is 12.8 Å². The lowest BCUT2D eigenvalue weighted by molar-refractivity contribution is -0.133. The topological polar surface area (TPSA) is 108 Å². The first kappa shape index (κ1) is 14.7. The third kappa shape index (κ3) is 2.61. The van der Waals surface area contributed by atoms with E-state index in [4.69, 9.17) is 5.73 Å². The maximum absolute atomic E-state index is 12.4. The minimum atomic E-state index is -0.800. The predicted molar refractivity (Wildman–Crippen MR) is 71.8 cm³/mol. The van der Waals surface area contributed by atoms with Gasteiger partial charge in [0.1, 0.15) is 5.54 Å². The van der Waals surface area contributed by atoms with Gasteiger partial charge in [-0.25, -0.2) is 4.79 Å². The molecule has 0 aromatic rings. The summed E-state index contributed by atoms with van der Waals surface area (Å²) in [4.78, 5) is 38.7. The van der Waals surface area contributed by atoms with Gasteiger partial charge in [0.25, 0.3) is 5.91 Å². The van der Waals surface area contributed by atoms with Crippen LogP contribution in [0.15, 0.2) is 0 Å². The van der Waals surface area contributed by atoms with Crippen LogP contribution in [0, 0.1) is 0 Å². The molecule has 2 aliphatic rings. The summed E-state index contributed by atoms with van der Waals surface area (Å²) in [7, 11) is 1.60. The molecule has 4 amide bonds. The molecule has 112 valence electrons. The molecule has 0 aromatic carbocycles. The second-order valence-corrected chi connectivity index (χ2v) is 5.21. The van der Waals surface area contributed by atoms with E-state index in [1.807, 2.05) is 4.90 Å². The van der Waals surface area contributed by atoms with Gasteiger partial charge in [0, 0.05) is 33.2 Å². The summed E-state index contributed by atoms with van der Waals surface area (Å²) >= 11 is 0. The van der Waals surface area contributed by atoms with E-state index < -0.39 is 5.54 Å². The summed E-state index contributed by atoms with van der Waals surface area (Å²) in [5.41, 5.74) is 4.62. The van der Waals surface area contributed by atoms with Crippen molar-refractivity contribution in [1.82, 2.24) is 20.4 Å². The van der Waals surface area contributed by atoms with Gasteiger partial charge in [-0.1, -0.05) is 0 Å². The Hall–Kier alpha value is -1.67. The van der Waals surface area contributed by atoms with Gasteiger partial charge in [0.2, 0.25) is 5.91 Å². The molecule has 2 saturated heterocycles. The number of piperidine rings is 1. The number of likely N-dealkylation sites (N-methyl/N-ethyl adjacent to an activating group) is 1. The zero-order valence-corrected chi connectivity index (χ0v) is 11.6. The number of urea groups is 1. The van der Waals surface area contributed by atoms with Crippen molar-refractivity contribution in [3.63, 3.8) is 0 Å². The number of nitrogens with zero attached hydrogens (tertiary/aromatic N) is 2. The SMILES string of the molecule is CNC(=O)CN1CCC2(CC1)NC(=O)N(CCN)C2=O. The van der Waals surface area contributed by atoms with E-state index in [-0.39, 0.29) is 30.9 Å². The van der Waals surface area contributed by atoms with Crippen LogP contribution < -0.4 is 16.4 Å². The lowest BCUT2D eigenvalue weighted by atomic mass is 9.87. The zero-order valence-electron chi connectivity index (χ0n) is 11.6. The monoisotopic (exact) mass is 283 g/mol. The van der Waals surface area contributed by atoms with E-state index in [0.717, 1.165) is 0 Å². The smallest absolute Gasteiger partial charge is 0.325 e. The van der Waals surface area contributed by atoms with E-state index in [1.165, 1.54) is 4.90 Å². The highest BCUT2D eigenvalue weighted by molar-refractivity contribution is 6.07. The Morgan fingerprint density at radius 2 is 2.05 bits per heavy atom. The highest BCUT2D eigenvalue weighted by Crippen LogP contribution is 2.29. The summed E-state index contributed by atoms with van der Waals surface area (Å²) in [6.45, 7) is 2.04. The Morgan fingerprint density at radius 1 is 1.40 bits per heavy atom. The fraction of sp³-hybridized carbons (Fsp3) is 0.750. The van der Waals surface area contributed by atoms with Gasteiger partial charge in [-0.15, -0.1) is 0 Å². The van der Waals surface area contributed by atoms with Crippen LogP contribution in [0.5, 0.6) is 0 Å². The molecule has 0 bridgehead atoms. The number of amides is 4. The minimum absolute atomic E-state index is 0.0486. The van der Waals surface area contributed by atoms with Crippen LogP contribution in [0.3, 0.4) is 0 Å². The van der Waals surface area contributed by atoms with Crippen LogP contribution >= 0.6 is 0 Å². The maximum atomic E-state index is 12.4. The van der Waals surface area contributed by atoms with Crippen molar-refractivity contribution in [2.45, 2.75) is 18.4 Å². The lowest BCUT2D eigenvalue weighted by Crippen LogP contribution is -2.56. The second kappa shape index (κ2) is 5.76. The van der Waals surface area contributed by atoms with Gasteiger partial charge >= 0.3 is 6.03 Å². The van der Waals surface area contributed by atoms with E-state index in [2.05, 4.69) is 10.6 Å². The highest BCUT2D eigenvalue weighted by Gasteiger charge is 2.51. The molecule has 0 aromatic heterocycles. The number of hydrogen-bond donors (Lipinski definition) is 3. The Morgan fingerprint density at radius 3 is 2.60 bits per heavy atom. The molecule has 4 N–H and O–H groups in total. The van der Waals surface area contributed by atoms with Crippen molar-refractivity contribution in [3.8, 4) is 0 Å². The Labute approximate surface area is 117 Å². The summed E-state index contributed by atoms with van der Waals surface area (Å²) in [5.74, 6) is -0.236. The fourth-order valence-corrected chi connectivity index (χ4v) is 2.72. The van der Waals surface area contributed by atoms with Crippen molar-refractivity contribution >= 4 is 17.8 Å². The number of carbonyl (C=O) groups is 3. The molecule has 0 unspecified atom stereocenters. The van der Waals surface area contributed by atoms with Crippen LogP contribution in [0.1, 0.15) is 12.8 Å². The van der Waals surface area contributed by atoms with Gasteiger partial charge in [-0.3, -0.25) is 19.4 Å². The molecule has 0 radical (unpaired) electrons. The first-order valence-electron chi connectivity index (χ1n) is 6.79. The molecule has 2 heterocycles. The Bertz CT molecular complexity index is 417. The predicted octanol–water partition coefficient (Wildman–Crippen LogP) is -1.92. The molecule has 0 saturated carbocycles. The van der Waals surface area contributed by atoms with Crippen LogP contribution in [0.25, 0.3) is 0 Å². The number of hydrogen-bond acceptors (Lipinski definition) is 5. The normalized spacial score (nSPS) is 22.2. The molecule has 2 rings (SSSR count). The molecule has 8 heteroatoms. The van der Waals surface area contributed by atoms with Crippen molar-refractivity contribution in [2.75, 3.05) is 39.8 Å². The maximum Gasteiger partial charge on any atom is 0.325 e. The van der Waals surface area contributed by atoms with E-state index in [1.54, 1.807) is 7.05 Å². The number of nitrogens with two attached hydrogens (primary N) is 1.